The normalized spacial score (nSPS) is 16.1. The fraction of sp³-hybridized carbons (Fsp3) is 0.667. The maximum absolute atomic E-state index is 12.6. The zero-order chi connectivity index (χ0) is 29.6. The minimum absolute atomic E-state index is 0.148. The lowest BCUT2D eigenvalue weighted by Crippen LogP contribution is -2.24. The zero-order valence-electron chi connectivity index (χ0n) is 24.4. The third-order valence-electron chi connectivity index (χ3n) is 6.64. The van der Waals surface area contributed by atoms with Gasteiger partial charge in [0.05, 0.1) is 12.2 Å². The summed E-state index contributed by atoms with van der Waals surface area (Å²) < 4.78 is 50.9. The number of hydrogen-bond acceptors (Lipinski definition) is 3. The van der Waals surface area contributed by atoms with Gasteiger partial charge in [0.25, 0.3) is 0 Å². The average molecular weight is 576 g/mol. The highest BCUT2D eigenvalue weighted by Gasteiger charge is 2.38. The maximum atomic E-state index is 12.6. The largest absolute Gasteiger partial charge is 0.433 e. The molecule has 0 N–H and O–H groups in total. The summed E-state index contributed by atoms with van der Waals surface area (Å²) in [6, 6.07) is 5.35. The third-order valence-corrected chi connectivity index (χ3v) is 7.06. The number of rotatable bonds is 6. The number of aromatic nitrogens is 2. The van der Waals surface area contributed by atoms with Gasteiger partial charge in [0, 0.05) is 10.9 Å². The van der Waals surface area contributed by atoms with Crippen LogP contribution in [-0.2, 0) is 17.5 Å². The molecule has 2 fully saturated rings. The van der Waals surface area contributed by atoms with Gasteiger partial charge < -0.3 is 4.90 Å². The van der Waals surface area contributed by atoms with Crippen LogP contribution in [0.2, 0.25) is 5.02 Å². The molecule has 222 valence electrons. The summed E-state index contributed by atoms with van der Waals surface area (Å²) in [6.07, 6.45) is 5.68. The summed E-state index contributed by atoms with van der Waals surface area (Å²) in [7, 11) is 2.19. The minimum atomic E-state index is -4.45. The second kappa shape index (κ2) is 17.7. The minimum Gasteiger partial charge on any atom is -0.306 e. The Balaban J connectivity index is 0.000000282. The zero-order valence-corrected chi connectivity index (χ0v) is 25.1. The Kier molecular flexibility index (Phi) is 15.9. The van der Waals surface area contributed by atoms with Crippen LogP contribution in [0.5, 0.6) is 0 Å². The van der Waals surface area contributed by atoms with Gasteiger partial charge in [-0.1, -0.05) is 58.1 Å². The summed E-state index contributed by atoms with van der Waals surface area (Å²) >= 11 is 5.61. The van der Waals surface area contributed by atoms with Gasteiger partial charge >= 0.3 is 6.18 Å². The number of carbonyl (C=O) groups is 1. The first-order valence-corrected chi connectivity index (χ1v) is 14.4. The molecule has 0 amide bonds. The SMILES string of the molecule is CC(=O)Cn1nc(C2CC2)cc1C(F)(F)F.CCC[C@H](C)CC.CN1CCCCC1.Cc1cc(F)ccc1Cl. The summed E-state index contributed by atoms with van der Waals surface area (Å²) in [5.74, 6) is 0.521. The van der Waals surface area contributed by atoms with Crippen molar-refractivity contribution < 1.29 is 22.4 Å². The van der Waals surface area contributed by atoms with E-state index in [-0.39, 0.29) is 24.1 Å². The molecule has 2 heterocycles. The van der Waals surface area contributed by atoms with Crippen LogP contribution in [0.3, 0.4) is 0 Å². The van der Waals surface area contributed by atoms with Crippen LogP contribution in [0.4, 0.5) is 17.6 Å². The molecule has 0 bridgehead atoms. The molecule has 1 aliphatic carbocycles. The molecule has 2 aromatic rings. The van der Waals surface area contributed by atoms with E-state index in [1.165, 1.54) is 70.7 Å². The van der Waals surface area contributed by atoms with Crippen molar-refractivity contribution in [2.75, 3.05) is 20.1 Å². The fourth-order valence-electron chi connectivity index (χ4n) is 3.93. The molecular weight excluding hydrogens is 530 g/mol. The van der Waals surface area contributed by atoms with Crippen molar-refractivity contribution in [3.8, 4) is 0 Å². The first kappa shape index (κ1) is 35.1. The van der Waals surface area contributed by atoms with Crippen LogP contribution in [0.1, 0.15) is 102 Å². The summed E-state index contributed by atoms with van der Waals surface area (Å²) in [4.78, 5) is 13.3. The molecule has 1 saturated heterocycles. The lowest BCUT2D eigenvalue weighted by molar-refractivity contribution is -0.144. The van der Waals surface area contributed by atoms with Gasteiger partial charge in [0.1, 0.15) is 11.5 Å². The first-order valence-electron chi connectivity index (χ1n) is 14.0. The van der Waals surface area contributed by atoms with Crippen molar-refractivity contribution in [2.24, 2.45) is 5.92 Å². The van der Waals surface area contributed by atoms with E-state index in [1.807, 2.05) is 0 Å². The Hall–Kier alpha value is -1.93. The number of aryl methyl sites for hydroxylation is 1. The van der Waals surface area contributed by atoms with Gasteiger partial charge in [0.2, 0.25) is 0 Å². The molecule has 0 unspecified atom stereocenters. The number of hydrogen-bond donors (Lipinski definition) is 0. The number of nitrogens with zero attached hydrogens (tertiary/aromatic N) is 3. The van der Waals surface area contributed by atoms with Crippen LogP contribution in [0.15, 0.2) is 24.3 Å². The van der Waals surface area contributed by atoms with Crippen molar-refractivity contribution in [1.82, 2.24) is 14.7 Å². The first-order chi connectivity index (χ1) is 18.3. The highest BCUT2D eigenvalue weighted by atomic mass is 35.5. The molecule has 4 nitrogen and oxygen atoms in total. The molecule has 1 aromatic heterocycles. The number of piperidine rings is 1. The second-order valence-electron chi connectivity index (χ2n) is 10.6. The summed E-state index contributed by atoms with van der Waals surface area (Å²) in [5, 5.41) is 4.46. The Morgan fingerprint density at radius 2 is 1.74 bits per heavy atom. The van der Waals surface area contributed by atoms with Crippen LogP contribution >= 0.6 is 11.6 Å². The van der Waals surface area contributed by atoms with Crippen molar-refractivity contribution in [1.29, 1.82) is 0 Å². The number of halogens is 5. The maximum Gasteiger partial charge on any atom is 0.433 e. The van der Waals surface area contributed by atoms with Crippen molar-refractivity contribution in [2.45, 2.75) is 105 Å². The summed E-state index contributed by atoms with van der Waals surface area (Å²) in [5.41, 5.74) is 0.398. The van der Waals surface area contributed by atoms with E-state index in [2.05, 4.69) is 37.8 Å². The molecule has 1 saturated carbocycles. The van der Waals surface area contributed by atoms with Gasteiger partial charge in [-0.05, 0) is 95.4 Å². The number of carbonyl (C=O) groups excluding carboxylic acids is 1. The van der Waals surface area contributed by atoms with Gasteiger partial charge in [0.15, 0.2) is 5.78 Å². The predicted molar refractivity (Wildman–Crippen MR) is 152 cm³/mol. The van der Waals surface area contributed by atoms with E-state index in [0.29, 0.717) is 10.7 Å². The number of ketones is 1. The Labute approximate surface area is 237 Å². The van der Waals surface area contributed by atoms with Gasteiger partial charge in [-0.25, -0.2) is 4.39 Å². The number of benzene rings is 1. The molecule has 2 aliphatic rings. The Bertz CT molecular complexity index is 980. The molecular formula is C30H46ClF4N3O. The Morgan fingerprint density at radius 1 is 1.13 bits per heavy atom. The average Bonchev–Trinajstić information content (AvgIpc) is 3.62. The van der Waals surface area contributed by atoms with Gasteiger partial charge in [-0.15, -0.1) is 0 Å². The quantitative estimate of drug-likeness (QED) is 0.322. The number of alkyl halides is 3. The van der Waals surface area contributed by atoms with Crippen molar-refractivity contribution in [3.63, 3.8) is 0 Å². The highest BCUT2D eigenvalue weighted by molar-refractivity contribution is 6.31. The van der Waals surface area contributed by atoms with Crippen LogP contribution in [0, 0.1) is 18.7 Å². The van der Waals surface area contributed by atoms with Crippen LogP contribution in [0.25, 0.3) is 0 Å². The molecule has 4 rings (SSSR count). The van der Waals surface area contributed by atoms with Gasteiger partial charge in [-0.3, -0.25) is 9.48 Å². The molecule has 0 spiro atoms. The van der Waals surface area contributed by atoms with Crippen molar-refractivity contribution in [3.05, 3.63) is 52.1 Å². The molecule has 39 heavy (non-hydrogen) atoms. The number of likely N-dealkylation sites (tertiary alicyclic amines) is 1. The van der Waals surface area contributed by atoms with E-state index in [9.17, 15) is 22.4 Å². The van der Waals surface area contributed by atoms with E-state index in [1.54, 1.807) is 13.0 Å². The van der Waals surface area contributed by atoms with Gasteiger partial charge in [-0.2, -0.15) is 18.3 Å². The van der Waals surface area contributed by atoms with Crippen LogP contribution < -0.4 is 0 Å². The predicted octanol–water partition coefficient (Wildman–Crippen LogP) is 9.09. The second-order valence-corrected chi connectivity index (χ2v) is 11.1. The number of Topliss-reactive ketones (excluding diaryl/α,β-unsaturated/α-hetero) is 1. The monoisotopic (exact) mass is 575 g/mol. The standard InChI is InChI=1S/C10H11F3N2O.C7H6ClF.C7H16.C6H13N/c1-6(16)5-15-9(10(11,12)13)4-8(14-15)7-2-3-7;1-5-4-6(9)2-3-7(5)8;1-4-6-7(3)5-2;1-7-5-3-2-4-6-7/h4,7H,2-3,5H2,1H3;2-4H,1H3;7H,4-6H2,1-3H3;2-6H2,1H3/t;;7-;/m..1./s1. The van der Waals surface area contributed by atoms with E-state index >= 15 is 0 Å². The molecule has 1 atom stereocenters. The fourth-order valence-corrected chi connectivity index (χ4v) is 4.05. The smallest absolute Gasteiger partial charge is 0.306 e. The van der Waals surface area contributed by atoms with E-state index < -0.39 is 11.9 Å². The lowest BCUT2D eigenvalue weighted by atomic mass is 10.0. The van der Waals surface area contributed by atoms with Crippen molar-refractivity contribution >= 4 is 17.4 Å². The molecule has 1 aromatic carbocycles. The Morgan fingerprint density at radius 3 is 2.10 bits per heavy atom. The van der Waals surface area contributed by atoms with E-state index in [0.717, 1.165) is 35.1 Å². The van der Waals surface area contributed by atoms with E-state index in [4.69, 9.17) is 11.6 Å². The third kappa shape index (κ3) is 14.9. The molecule has 9 heteroatoms. The molecule has 1 aliphatic heterocycles. The molecule has 0 radical (unpaired) electrons. The highest BCUT2D eigenvalue weighted by Crippen LogP contribution is 2.41. The topological polar surface area (TPSA) is 38.1 Å². The van der Waals surface area contributed by atoms with Crippen LogP contribution in [-0.4, -0.2) is 40.6 Å². The lowest BCUT2D eigenvalue weighted by Gasteiger charge is -2.20. The summed E-state index contributed by atoms with van der Waals surface area (Å²) in [6.45, 7) is 12.1.